The molecular weight excluding hydrogens is 190 g/mol. The van der Waals surface area contributed by atoms with E-state index in [4.69, 9.17) is 9.47 Å². The molecular formula is C12H17NO2. The molecule has 1 fully saturated rings. The van der Waals surface area contributed by atoms with Crippen LogP contribution < -0.4 is 10.1 Å². The van der Waals surface area contributed by atoms with Gasteiger partial charge in [-0.3, -0.25) is 5.32 Å². The minimum atomic E-state index is -0.0302. The second-order valence-corrected chi connectivity index (χ2v) is 3.97. The summed E-state index contributed by atoms with van der Waals surface area (Å²) in [6.07, 6.45) is -0.0302. The minimum absolute atomic E-state index is 0.0302. The van der Waals surface area contributed by atoms with Crippen molar-refractivity contribution in [2.75, 3.05) is 20.3 Å². The lowest BCUT2D eigenvalue weighted by Crippen LogP contribution is -2.36. The van der Waals surface area contributed by atoms with E-state index in [0.29, 0.717) is 5.92 Å². The zero-order valence-corrected chi connectivity index (χ0v) is 9.19. The summed E-state index contributed by atoms with van der Waals surface area (Å²) in [5.74, 6) is 1.46. The number of hydrogen-bond donors (Lipinski definition) is 1. The van der Waals surface area contributed by atoms with Crippen molar-refractivity contribution in [2.24, 2.45) is 5.92 Å². The Morgan fingerprint density at radius 3 is 2.87 bits per heavy atom. The highest BCUT2D eigenvalue weighted by atomic mass is 16.5. The van der Waals surface area contributed by atoms with Gasteiger partial charge in [-0.25, -0.2) is 0 Å². The van der Waals surface area contributed by atoms with E-state index in [9.17, 15) is 0 Å². The number of methoxy groups -OCH3 is 1. The van der Waals surface area contributed by atoms with Crippen LogP contribution in [-0.2, 0) is 4.74 Å². The van der Waals surface area contributed by atoms with Crippen LogP contribution in [0, 0.1) is 5.92 Å². The van der Waals surface area contributed by atoms with E-state index in [1.54, 1.807) is 7.11 Å². The first-order valence-electron chi connectivity index (χ1n) is 5.29. The molecule has 3 nitrogen and oxygen atoms in total. The lowest BCUT2D eigenvalue weighted by molar-refractivity contribution is -0.0264. The molecule has 0 saturated carbocycles. The van der Waals surface area contributed by atoms with Crippen molar-refractivity contribution in [3.8, 4) is 5.75 Å². The Labute approximate surface area is 90.4 Å². The Hall–Kier alpha value is -1.06. The predicted molar refractivity (Wildman–Crippen MR) is 58.9 cm³/mol. The highest BCUT2D eigenvalue weighted by molar-refractivity contribution is 5.34. The van der Waals surface area contributed by atoms with Crippen molar-refractivity contribution >= 4 is 0 Å². The Morgan fingerprint density at radius 1 is 1.40 bits per heavy atom. The third-order valence-corrected chi connectivity index (χ3v) is 2.62. The minimum Gasteiger partial charge on any atom is -0.496 e. The second kappa shape index (κ2) is 4.64. The SMILES string of the molecule is COc1ccccc1C1NCC(C)CO1. The van der Waals surface area contributed by atoms with Crippen LogP contribution in [-0.4, -0.2) is 20.3 Å². The summed E-state index contributed by atoms with van der Waals surface area (Å²) in [6, 6.07) is 7.96. The topological polar surface area (TPSA) is 30.5 Å². The fraction of sp³-hybridized carbons (Fsp3) is 0.500. The number of hydrogen-bond acceptors (Lipinski definition) is 3. The van der Waals surface area contributed by atoms with Crippen LogP contribution in [0.15, 0.2) is 24.3 Å². The lowest BCUT2D eigenvalue weighted by atomic mass is 10.1. The van der Waals surface area contributed by atoms with Gasteiger partial charge in [-0.15, -0.1) is 0 Å². The Balaban J connectivity index is 2.15. The fourth-order valence-electron chi connectivity index (χ4n) is 1.77. The van der Waals surface area contributed by atoms with Gasteiger partial charge in [0, 0.05) is 12.1 Å². The Kier molecular flexibility index (Phi) is 3.23. The van der Waals surface area contributed by atoms with Gasteiger partial charge in [0.2, 0.25) is 0 Å². The molecule has 3 heteroatoms. The smallest absolute Gasteiger partial charge is 0.137 e. The van der Waals surface area contributed by atoms with E-state index in [1.807, 2.05) is 24.3 Å². The summed E-state index contributed by atoms with van der Waals surface area (Å²) in [5, 5.41) is 3.36. The molecule has 1 aliphatic rings. The highest BCUT2D eigenvalue weighted by Gasteiger charge is 2.21. The molecule has 1 saturated heterocycles. The molecule has 2 atom stereocenters. The van der Waals surface area contributed by atoms with Gasteiger partial charge in [-0.05, 0) is 12.0 Å². The third kappa shape index (κ3) is 2.30. The summed E-state index contributed by atoms with van der Waals surface area (Å²) in [5.41, 5.74) is 1.08. The van der Waals surface area contributed by atoms with E-state index in [2.05, 4.69) is 12.2 Å². The van der Waals surface area contributed by atoms with Crippen LogP contribution in [0.4, 0.5) is 0 Å². The Bertz CT molecular complexity index is 319. The van der Waals surface area contributed by atoms with Crippen LogP contribution in [0.2, 0.25) is 0 Å². The molecule has 2 rings (SSSR count). The van der Waals surface area contributed by atoms with Gasteiger partial charge in [0.15, 0.2) is 0 Å². The average Bonchev–Trinajstić information content (AvgIpc) is 2.30. The van der Waals surface area contributed by atoms with Gasteiger partial charge in [0.25, 0.3) is 0 Å². The molecule has 82 valence electrons. The van der Waals surface area contributed by atoms with Crippen molar-refractivity contribution in [2.45, 2.75) is 13.2 Å². The van der Waals surface area contributed by atoms with Gasteiger partial charge in [-0.2, -0.15) is 0 Å². The summed E-state index contributed by atoms with van der Waals surface area (Å²) in [6.45, 7) is 3.96. The van der Waals surface area contributed by atoms with Crippen LogP contribution in [0.5, 0.6) is 5.75 Å². The molecule has 1 aromatic carbocycles. The van der Waals surface area contributed by atoms with Gasteiger partial charge >= 0.3 is 0 Å². The first-order chi connectivity index (χ1) is 7.31. The van der Waals surface area contributed by atoms with Crippen LogP contribution in [0.1, 0.15) is 18.7 Å². The molecule has 0 aliphatic carbocycles. The Morgan fingerprint density at radius 2 is 2.20 bits per heavy atom. The summed E-state index contributed by atoms with van der Waals surface area (Å²) < 4.78 is 11.0. The van der Waals surface area contributed by atoms with Crippen LogP contribution in [0.25, 0.3) is 0 Å². The first kappa shape index (κ1) is 10.5. The fourth-order valence-corrected chi connectivity index (χ4v) is 1.77. The molecule has 0 amide bonds. The van der Waals surface area contributed by atoms with Crippen molar-refractivity contribution in [3.05, 3.63) is 29.8 Å². The van der Waals surface area contributed by atoms with Crippen molar-refractivity contribution in [3.63, 3.8) is 0 Å². The first-order valence-corrected chi connectivity index (χ1v) is 5.29. The van der Waals surface area contributed by atoms with Crippen molar-refractivity contribution < 1.29 is 9.47 Å². The molecule has 0 bridgehead atoms. The maximum absolute atomic E-state index is 5.73. The summed E-state index contributed by atoms with van der Waals surface area (Å²) in [4.78, 5) is 0. The van der Waals surface area contributed by atoms with E-state index >= 15 is 0 Å². The quantitative estimate of drug-likeness (QED) is 0.804. The number of ether oxygens (including phenoxy) is 2. The van der Waals surface area contributed by atoms with E-state index in [1.165, 1.54) is 0 Å². The van der Waals surface area contributed by atoms with Gasteiger partial charge in [0.1, 0.15) is 12.0 Å². The average molecular weight is 207 g/mol. The highest BCUT2D eigenvalue weighted by Crippen LogP contribution is 2.27. The van der Waals surface area contributed by atoms with Crippen molar-refractivity contribution in [1.29, 1.82) is 0 Å². The largest absolute Gasteiger partial charge is 0.496 e. The lowest BCUT2D eigenvalue weighted by Gasteiger charge is -2.29. The van der Waals surface area contributed by atoms with Crippen LogP contribution in [0.3, 0.4) is 0 Å². The van der Waals surface area contributed by atoms with Gasteiger partial charge < -0.3 is 9.47 Å². The maximum atomic E-state index is 5.73. The molecule has 1 aliphatic heterocycles. The third-order valence-electron chi connectivity index (χ3n) is 2.62. The monoisotopic (exact) mass is 207 g/mol. The molecule has 1 N–H and O–H groups in total. The van der Waals surface area contributed by atoms with Gasteiger partial charge in [-0.1, -0.05) is 25.1 Å². The molecule has 1 aromatic rings. The summed E-state index contributed by atoms with van der Waals surface area (Å²) >= 11 is 0. The normalized spacial score (nSPS) is 26.3. The second-order valence-electron chi connectivity index (χ2n) is 3.97. The van der Waals surface area contributed by atoms with E-state index in [-0.39, 0.29) is 6.23 Å². The zero-order valence-electron chi connectivity index (χ0n) is 9.19. The number of benzene rings is 1. The molecule has 1 heterocycles. The number of rotatable bonds is 2. The van der Waals surface area contributed by atoms with Gasteiger partial charge in [0.05, 0.1) is 13.7 Å². The molecule has 0 radical (unpaired) electrons. The molecule has 15 heavy (non-hydrogen) atoms. The zero-order chi connectivity index (χ0) is 10.7. The number of para-hydroxylation sites is 1. The molecule has 0 aromatic heterocycles. The predicted octanol–water partition coefficient (Wildman–Crippen LogP) is 1.95. The van der Waals surface area contributed by atoms with Crippen LogP contribution >= 0.6 is 0 Å². The van der Waals surface area contributed by atoms with E-state index in [0.717, 1.165) is 24.5 Å². The maximum Gasteiger partial charge on any atom is 0.137 e. The van der Waals surface area contributed by atoms with Crippen molar-refractivity contribution in [1.82, 2.24) is 5.32 Å². The molecule has 2 unspecified atom stereocenters. The number of nitrogens with one attached hydrogen (secondary N) is 1. The molecule has 0 spiro atoms. The standard InChI is InChI=1S/C12H17NO2/c1-9-7-13-12(15-8-9)10-5-3-4-6-11(10)14-2/h3-6,9,12-13H,7-8H2,1-2H3. The van der Waals surface area contributed by atoms with E-state index < -0.39 is 0 Å². The summed E-state index contributed by atoms with van der Waals surface area (Å²) in [7, 11) is 1.68.